The van der Waals surface area contributed by atoms with Crippen molar-refractivity contribution in [3.8, 4) is 0 Å². The van der Waals surface area contributed by atoms with Crippen LogP contribution in [0.1, 0.15) is 12.8 Å². The lowest BCUT2D eigenvalue weighted by Gasteiger charge is -2.18. The molecule has 1 saturated carbocycles. The van der Waals surface area contributed by atoms with Crippen LogP contribution < -0.4 is 5.32 Å². The molecule has 3 nitrogen and oxygen atoms in total. The number of nitrogens with one attached hydrogen (secondary N) is 1. The van der Waals surface area contributed by atoms with E-state index in [-0.39, 0.29) is 5.91 Å². The minimum atomic E-state index is 0.157. The van der Waals surface area contributed by atoms with Gasteiger partial charge in [0, 0.05) is 24.7 Å². The molecule has 1 aliphatic rings. The molecule has 0 saturated heterocycles. The average molecular weight is 268 g/mol. The fraction of sp³-hybridized carbons (Fsp3) is 0.353. The monoisotopic (exact) mass is 268 g/mol. The summed E-state index contributed by atoms with van der Waals surface area (Å²) in [5, 5.41) is 5.62. The van der Waals surface area contributed by atoms with Crippen LogP contribution in [0, 0.1) is 5.92 Å². The first-order chi connectivity index (χ1) is 9.74. The second kappa shape index (κ2) is 5.53. The second-order valence-corrected chi connectivity index (χ2v) is 5.60. The third kappa shape index (κ3) is 2.93. The molecule has 0 heterocycles. The number of nitrogens with zero attached hydrogens (tertiary/aromatic N) is 1. The van der Waals surface area contributed by atoms with Crippen LogP contribution in [0.25, 0.3) is 10.8 Å². The van der Waals surface area contributed by atoms with Gasteiger partial charge in [0.1, 0.15) is 0 Å². The summed E-state index contributed by atoms with van der Waals surface area (Å²) in [5.74, 6) is 0.895. The van der Waals surface area contributed by atoms with Crippen molar-refractivity contribution in [2.45, 2.75) is 12.8 Å². The Kier molecular flexibility index (Phi) is 3.59. The number of carbonyl (C=O) groups excluding carboxylic acids is 1. The smallest absolute Gasteiger partial charge is 0.241 e. The van der Waals surface area contributed by atoms with Crippen molar-refractivity contribution in [3.05, 3.63) is 42.5 Å². The molecule has 20 heavy (non-hydrogen) atoms. The number of hydrogen-bond acceptors (Lipinski definition) is 2. The number of hydrogen-bond donors (Lipinski definition) is 1. The summed E-state index contributed by atoms with van der Waals surface area (Å²) in [5.41, 5.74) is 1.02. The number of anilines is 1. The van der Waals surface area contributed by atoms with Crippen molar-refractivity contribution in [2.24, 2.45) is 5.92 Å². The van der Waals surface area contributed by atoms with Crippen molar-refractivity contribution >= 4 is 22.4 Å². The highest BCUT2D eigenvalue weighted by Gasteiger charge is 2.24. The Hall–Kier alpha value is -2.03. The summed E-state index contributed by atoms with van der Waals surface area (Å²) in [6.07, 6.45) is 2.54. The van der Waals surface area contributed by atoms with Crippen LogP contribution in [0.3, 0.4) is 0 Å². The van der Waals surface area contributed by atoms with E-state index < -0.39 is 0 Å². The van der Waals surface area contributed by atoms with Gasteiger partial charge in [-0.3, -0.25) is 4.79 Å². The SMILES string of the molecule is CN(CC1CC1)C(=O)CNc1cccc2ccccc12. The van der Waals surface area contributed by atoms with E-state index in [4.69, 9.17) is 0 Å². The summed E-state index contributed by atoms with van der Waals surface area (Å²) >= 11 is 0. The third-order valence-electron chi connectivity index (χ3n) is 3.87. The molecule has 3 rings (SSSR count). The Morgan fingerprint density at radius 3 is 2.75 bits per heavy atom. The molecule has 3 heteroatoms. The zero-order valence-corrected chi connectivity index (χ0v) is 11.8. The van der Waals surface area contributed by atoms with Gasteiger partial charge >= 0.3 is 0 Å². The van der Waals surface area contributed by atoms with Gasteiger partial charge in [-0.25, -0.2) is 0 Å². The maximum Gasteiger partial charge on any atom is 0.241 e. The Labute approximate surface area is 119 Å². The number of rotatable bonds is 5. The standard InChI is InChI=1S/C17H20N2O/c1-19(12-13-9-10-13)17(20)11-18-16-8-4-6-14-5-2-3-7-15(14)16/h2-8,13,18H,9-12H2,1H3. The fourth-order valence-electron chi connectivity index (χ4n) is 2.47. The number of benzene rings is 2. The fourth-order valence-corrected chi connectivity index (χ4v) is 2.47. The minimum Gasteiger partial charge on any atom is -0.376 e. The van der Waals surface area contributed by atoms with Crippen LogP contribution in [0.2, 0.25) is 0 Å². The molecule has 1 N–H and O–H groups in total. The van der Waals surface area contributed by atoms with Crippen LogP contribution in [0.4, 0.5) is 5.69 Å². The highest BCUT2D eigenvalue weighted by atomic mass is 16.2. The summed E-state index contributed by atoms with van der Waals surface area (Å²) in [6.45, 7) is 1.26. The van der Waals surface area contributed by atoms with Gasteiger partial charge in [-0.05, 0) is 30.2 Å². The molecule has 0 aromatic heterocycles. The highest BCUT2D eigenvalue weighted by molar-refractivity contribution is 5.95. The Morgan fingerprint density at radius 2 is 1.95 bits per heavy atom. The van der Waals surface area contributed by atoms with E-state index in [2.05, 4.69) is 23.5 Å². The predicted octanol–water partition coefficient (Wildman–Crippen LogP) is 3.12. The van der Waals surface area contributed by atoms with Crippen LogP contribution in [-0.4, -0.2) is 30.9 Å². The summed E-state index contributed by atoms with van der Waals surface area (Å²) in [4.78, 5) is 13.9. The van der Waals surface area contributed by atoms with E-state index in [1.54, 1.807) is 0 Å². The molecule has 104 valence electrons. The topological polar surface area (TPSA) is 32.3 Å². The van der Waals surface area contributed by atoms with E-state index >= 15 is 0 Å². The Bertz CT molecular complexity index is 614. The van der Waals surface area contributed by atoms with Crippen LogP contribution in [-0.2, 0) is 4.79 Å². The van der Waals surface area contributed by atoms with Crippen molar-refractivity contribution in [3.63, 3.8) is 0 Å². The van der Waals surface area contributed by atoms with Gasteiger partial charge in [0.2, 0.25) is 5.91 Å². The van der Waals surface area contributed by atoms with Gasteiger partial charge in [0.25, 0.3) is 0 Å². The van der Waals surface area contributed by atoms with Crippen LogP contribution in [0.5, 0.6) is 0 Å². The molecule has 0 radical (unpaired) electrons. The second-order valence-electron chi connectivity index (χ2n) is 5.60. The number of carbonyl (C=O) groups is 1. The van der Waals surface area contributed by atoms with Crippen LogP contribution >= 0.6 is 0 Å². The van der Waals surface area contributed by atoms with Gasteiger partial charge in [-0.1, -0.05) is 36.4 Å². The van der Waals surface area contributed by atoms with Crippen molar-refractivity contribution in [1.82, 2.24) is 4.90 Å². The summed E-state index contributed by atoms with van der Waals surface area (Å²) < 4.78 is 0. The summed E-state index contributed by atoms with van der Waals surface area (Å²) in [7, 11) is 1.89. The van der Waals surface area contributed by atoms with E-state index in [1.165, 1.54) is 18.2 Å². The Balaban J connectivity index is 1.65. The molecule has 2 aromatic carbocycles. The van der Waals surface area contributed by atoms with Gasteiger partial charge in [-0.2, -0.15) is 0 Å². The zero-order chi connectivity index (χ0) is 13.9. The number of amides is 1. The van der Waals surface area contributed by atoms with E-state index in [9.17, 15) is 4.79 Å². The number of fused-ring (bicyclic) bond motifs is 1. The van der Waals surface area contributed by atoms with Crippen molar-refractivity contribution < 1.29 is 4.79 Å². The molecule has 1 aliphatic carbocycles. The van der Waals surface area contributed by atoms with Gasteiger partial charge in [-0.15, -0.1) is 0 Å². The average Bonchev–Trinajstić information content (AvgIpc) is 3.28. The molecule has 1 amide bonds. The molecule has 0 atom stereocenters. The lowest BCUT2D eigenvalue weighted by Crippen LogP contribution is -2.33. The third-order valence-corrected chi connectivity index (χ3v) is 3.87. The molecule has 2 aromatic rings. The lowest BCUT2D eigenvalue weighted by molar-refractivity contribution is -0.128. The lowest BCUT2D eigenvalue weighted by atomic mass is 10.1. The van der Waals surface area contributed by atoms with E-state index in [0.29, 0.717) is 6.54 Å². The maximum absolute atomic E-state index is 12.1. The predicted molar refractivity (Wildman–Crippen MR) is 82.8 cm³/mol. The zero-order valence-electron chi connectivity index (χ0n) is 11.8. The largest absolute Gasteiger partial charge is 0.376 e. The highest BCUT2D eigenvalue weighted by Crippen LogP contribution is 2.29. The first-order valence-electron chi connectivity index (χ1n) is 7.19. The van der Waals surface area contributed by atoms with Gasteiger partial charge in [0.15, 0.2) is 0 Å². The maximum atomic E-state index is 12.1. The summed E-state index contributed by atoms with van der Waals surface area (Å²) in [6, 6.07) is 14.3. The first kappa shape index (κ1) is 13.0. The molecule has 0 unspecified atom stereocenters. The molecule has 0 bridgehead atoms. The van der Waals surface area contributed by atoms with E-state index in [0.717, 1.165) is 23.5 Å². The molecular weight excluding hydrogens is 248 g/mol. The molecule has 1 fully saturated rings. The van der Waals surface area contributed by atoms with Gasteiger partial charge in [0.05, 0.1) is 6.54 Å². The molecule has 0 aliphatic heterocycles. The molecule has 0 spiro atoms. The molecular formula is C17H20N2O. The van der Waals surface area contributed by atoms with E-state index in [1.807, 2.05) is 36.2 Å². The number of likely N-dealkylation sites (N-methyl/N-ethyl adjacent to an activating group) is 1. The quantitative estimate of drug-likeness (QED) is 0.903. The van der Waals surface area contributed by atoms with Crippen LogP contribution in [0.15, 0.2) is 42.5 Å². The van der Waals surface area contributed by atoms with Gasteiger partial charge < -0.3 is 10.2 Å². The van der Waals surface area contributed by atoms with Crippen molar-refractivity contribution in [2.75, 3.05) is 25.5 Å². The Morgan fingerprint density at radius 1 is 1.20 bits per heavy atom. The van der Waals surface area contributed by atoms with Crippen molar-refractivity contribution in [1.29, 1.82) is 0 Å². The minimum absolute atomic E-state index is 0.157. The first-order valence-corrected chi connectivity index (χ1v) is 7.19. The normalized spacial score (nSPS) is 14.2.